The molecule has 0 bridgehead atoms. The SMILES string of the molecule is Cn1nnnc1CN1Cc2ccccc2N(C(=O)c2ccc(OCCO)cc2Cl)CC1=O. The van der Waals surface area contributed by atoms with Gasteiger partial charge in [0.25, 0.3) is 5.91 Å². The van der Waals surface area contributed by atoms with E-state index in [-0.39, 0.29) is 42.8 Å². The molecule has 0 unspecified atom stereocenters. The summed E-state index contributed by atoms with van der Waals surface area (Å²) in [6.45, 7) is 0.365. The number of rotatable bonds is 6. The molecular formula is C21H21ClN6O4. The van der Waals surface area contributed by atoms with Crippen LogP contribution in [0.15, 0.2) is 42.5 Å². The number of tetrazole rings is 1. The zero-order chi connectivity index (χ0) is 22.7. The summed E-state index contributed by atoms with van der Waals surface area (Å²) < 4.78 is 6.85. The maximum Gasteiger partial charge on any atom is 0.260 e. The van der Waals surface area contributed by atoms with Crippen molar-refractivity contribution in [3.05, 3.63) is 64.4 Å². The van der Waals surface area contributed by atoms with Crippen molar-refractivity contribution >= 4 is 29.1 Å². The average molecular weight is 457 g/mol. The van der Waals surface area contributed by atoms with Crippen LogP contribution in [-0.4, -0.2) is 61.8 Å². The molecule has 32 heavy (non-hydrogen) atoms. The van der Waals surface area contributed by atoms with Crippen molar-refractivity contribution in [2.45, 2.75) is 13.1 Å². The molecule has 3 aromatic rings. The highest BCUT2D eigenvalue weighted by molar-refractivity contribution is 6.34. The number of fused-ring (bicyclic) bond motifs is 1. The van der Waals surface area contributed by atoms with Gasteiger partial charge in [-0.25, -0.2) is 4.68 Å². The number of para-hydroxylation sites is 1. The lowest BCUT2D eigenvalue weighted by molar-refractivity contribution is -0.130. The first-order chi connectivity index (χ1) is 15.5. The normalized spacial score (nSPS) is 13.7. The fourth-order valence-electron chi connectivity index (χ4n) is 3.47. The Bertz CT molecular complexity index is 1150. The summed E-state index contributed by atoms with van der Waals surface area (Å²) in [5.74, 6) is 0.344. The number of aliphatic hydroxyl groups excluding tert-OH is 1. The molecule has 1 aromatic heterocycles. The second-order valence-corrected chi connectivity index (χ2v) is 7.61. The molecule has 0 fully saturated rings. The van der Waals surface area contributed by atoms with Crippen LogP contribution in [0.25, 0.3) is 0 Å². The van der Waals surface area contributed by atoms with Crippen molar-refractivity contribution in [1.82, 2.24) is 25.1 Å². The van der Waals surface area contributed by atoms with Gasteiger partial charge in [0, 0.05) is 19.3 Å². The van der Waals surface area contributed by atoms with Crippen LogP contribution < -0.4 is 9.64 Å². The Morgan fingerprint density at radius 1 is 1.22 bits per heavy atom. The van der Waals surface area contributed by atoms with Crippen LogP contribution in [-0.2, 0) is 24.9 Å². The van der Waals surface area contributed by atoms with Crippen molar-refractivity contribution in [3.63, 3.8) is 0 Å². The molecule has 11 heteroatoms. The fourth-order valence-corrected chi connectivity index (χ4v) is 3.72. The number of ether oxygens (including phenoxy) is 1. The van der Waals surface area contributed by atoms with Gasteiger partial charge in [0.1, 0.15) is 18.9 Å². The molecule has 0 spiro atoms. The van der Waals surface area contributed by atoms with Gasteiger partial charge in [-0.1, -0.05) is 29.8 Å². The minimum Gasteiger partial charge on any atom is -0.491 e. The second-order valence-electron chi connectivity index (χ2n) is 7.20. The lowest BCUT2D eigenvalue weighted by Crippen LogP contribution is -2.40. The lowest BCUT2D eigenvalue weighted by atomic mass is 10.1. The highest BCUT2D eigenvalue weighted by Gasteiger charge is 2.31. The highest BCUT2D eigenvalue weighted by Crippen LogP contribution is 2.30. The Morgan fingerprint density at radius 2 is 2.03 bits per heavy atom. The number of hydrogen-bond donors (Lipinski definition) is 1. The first kappa shape index (κ1) is 21.7. The number of aromatic nitrogens is 4. The van der Waals surface area contributed by atoms with E-state index >= 15 is 0 Å². The summed E-state index contributed by atoms with van der Waals surface area (Å²) in [4.78, 5) is 29.6. The molecule has 1 aliphatic rings. The molecule has 1 N–H and O–H groups in total. The van der Waals surface area contributed by atoms with Crippen LogP contribution in [0.2, 0.25) is 5.02 Å². The molecule has 4 rings (SSSR count). The monoisotopic (exact) mass is 456 g/mol. The third-order valence-electron chi connectivity index (χ3n) is 5.11. The van der Waals surface area contributed by atoms with Gasteiger partial charge >= 0.3 is 0 Å². The van der Waals surface area contributed by atoms with Gasteiger partial charge in [0.15, 0.2) is 5.82 Å². The minimum atomic E-state index is -0.397. The Labute approximate surface area is 188 Å². The van der Waals surface area contributed by atoms with E-state index in [1.54, 1.807) is 30.1 Å². The van der Waals surface area contributed by atoms with Gasteiger partial charge in [-0.05, 0) is 40.3 Å². The van der Waals surface area contributed by atoms with Crippen molar-refractivity contribution in [1.29, 1.82) is 0 Å². The predicted molar refractivity (Wildman–Crippen MR) is 115 cm³/mol. The molecule has 0 radical (unpaired) electrons. The number of nitrogens with zero attached hydrogens (tertiary/aromatic N) is 6. The van der Waals surface area contributed by atoms with Gasteiger partial charge in [-0.3, -0.25) is 14.5 Å². The Hall–Kier alpha value is -3.50. The third kappa shape index (κ3) is 4.41. The molecule has 0 atom stereocenters. The number of halogens is 1. The fraction of sp³-hybridized carbons (Fsp3) is 0.286. The largest absolute Gasteiger partial charge is 0.491 e. The van der Waals surface area contributed by atoms with Crippen LogP contribution in [0.5, 0.6) is 5.75 Å². The van der Waals surface area contributed by atoms with Crippen LogP contribution >= 0.6 is 11.6 Å². The molecule has 0 aliphatic carbocycles. The number of carbonyl (C=O) groups excluding carboxylic acids is 2. The van der Waals surface area contributed by atoms with E-state index in [0.29, 0.717) is 23.8 Å². The Balaban J connectivity index is 1.64. The minimum absolute atomic E-state index is 0.120. The number of benzene rings is 2. The second kappa shape index (κ2) is 9.33. The van der Waals surface area contributed by atoms with E-state index in [1.807, 2.05) is 18.2 Å². The molecule has 166 valence electrons. The molecule has 2 amide bonds. The first-order valence-corrected chi connectivity index (χ1v) is 10.3. The van der Waals surface area contributed by atoms with Gasteiger partial charge < -0.3 is 14.7 Å². The topological polar surface area (TPSA) is 114 Å². The van der Waals surface area contributed by atoms with Gasteiger partial charge in [0.05, 0.1) is 23.7 Å². The maximum absolute atomic E-state index is 13.4. The Morgan fingerprint density at radius 3 is 2.75 bits per heavy atom. The zero-order valence-corrected chi connectivity index (χ0v) is 18.1. The van der Waals surface area contributed by atoms with Crippen molar-refractivity contribution in [2.24, 2.45) is 7.05 Å². The average Bonchev–Trinajstić information content (AvgIpc) is 3.13. The van der Waals surface area contributed by atoms with Crippen LogP contribution in [0.1, 0.15) is 21.7 Å². The first-order valence-electron chi connectivity index (χ1n) is 9.90. The van der Waals surface area contributed by atoms with Gasteiger partial charge in [-0.2, -0.15) is 0 Å². The van der Waals surface area contributed by atoms with E-state index in [0.717, 1.165) is 5.56 Å². The third-order valence-corrected chi connectivity index (χ3v) is 5.42. The van der Waals surface area contributed by atoms with E-state index < -0.39 is 5.91 Å². The van der Waals surface area contributed by atoms with E-state index in [9.17, 15) is 9.59 Å². The number of anilines is 1. The number of aryl methyl sites for hydroxylation is 1. The van der Waals surface area contributed by atoms with Gasteiger partial charge in [-0.15, -0.1) is 5.10 Å². The lowest BCUT2D eigenvalue weighted by Gasteiger charge is -2.23. The Kier molecular flexibility index (Phi) is 6.33. The van der Waals surface area contributed by atoms with E-state index in [2.05, 4.69) is 15.5 Å². The molecule has 10 nitrogen and oxygen atoms in total. The smallest absolute Gasteiger partial charge is 0.260 e. The van der Waals surface area contributed by atoms with E-state index in [1.165, 1.54) is 15.6 Å². The predicted octanol–water partition coefficient (Wildman–Crippen LogP) is 1.42. The summed E-state index contributed by atoms with van der Waals surface area (Å²) in [6, 6.07) is 12.0. The summed E-state index contributed by atoms with van der Waals surface area (Å²) in [6.07, 6.45) is 0. The maximum atomic E-state index is 13.4. The standard InChI is InChI=1S/C21H21ClN6O4/c1-26-19(23-24-25-26)12-27-11-14-4-2-3-5-18(14)28(13-20(27)30)21(31)16-7-6-15(10-17(16)22)32-9-8-29/h2-7,10,29H,8-9,11-13H2,1H3. The van der Waals surface area contributed by atoms with Crippen LogP contribution in [0.3, 0.4) is 0 Å². The van der Waals surface area contributed by atoms with Crippen molar-refractivity contribution in [3.8, 4) is 5.75 Å². The number of hydrogen-bond acceptors (Lipinski definition) is 7. The van der Waals surface area contributed by atoms with Gasteiger partial charge in [0.2, 0.25) is 5.91 Å². The molecule has 2 aromatic carbocycles. The summed E-state index contributed by atoms with van der Waals surface area (Å²) in [5.41, 5.74) is 1.71. The van der Waals surface area contributed by atoms with E-state index in [4.69, 9.17) is 21.4 Å². The molecule has 0 saturated heterocycles. The van der Waals surface area contributed by atoms with Crippen molar-refractivity contribution < 1.29 is 19.4 Å². The highest BCUT2D eigenvalue weighted by atomic mass is 35.5. The van der Waals surface area contributed by atoms with Crippen LogP contribution in [0, 0.1) is 0 Å². The molecular weight excluding hydrogens is 436 g/mol. The zero-order valence-electron chi connectivity index (χ0n) is 17.3. The van der Waals surface area contributed by atoms with Crippen LogP contribution in [0.4, 0.5) is 5.69 Å². The number of carbonyl (C=O) groups is 2. The quantitative estimate of drug-likeness (QED) is 0.596. The molecule has 1 aliphatic heterocycles. The van der Waals surface area contributed by atoms with Crippen molar-refractivity contribution in [2.75, 3.05) is 24.7 Å². The molecule has 2 heterocycles. The summed E-state index contributed by atoms with van der Waals surface area (Å²) >= 11 is 6.36. The molecule has 0 saturated carbocycles. The number of aliphatic hydroxyl groups is 1. The summed E-state index contributed by atoms with van der Waals surface area (Å²) in [7, 11) is 1.71. The number of amides is 2. The summed E-state index contributed by atoms with van der Waals surface area (Å²) in [5, 5.41) is 20.5.